The molecule has 45 heavy (non-hydrogen) atoms. The topological polar surface area (TPSA) is 140 Å². The zero-order chi connectivity index (χ0) is 33.4. The van der Waals surface area contributed by atoms with Crippen LogP contribution in [0.5, 0.6) is 0 Å². The van der Waals surface area contributed by atoms with Crippen LogP contribution < -0.4 is 0 Å². The molecule has 0 unspecified atom stereocenters. The van der Waals surface area contributed by atoms with Crippen LogP contribution >= 0.6 is 7.82 Å². The summed E-state index contributed by atoms with van der Waals surface area (Å²) >= 11 is 0. The molecule has 0 saturated heterocycles. The van der Waals surface area contributed by atoms with E-state index in [1.807, 2.05) is 36.5 Å². The molecule has 0 saturated carbocycles. The fraction of sp³-hybridized carbons (Fsp3) is 0.714. The van der Waals surface area contributed by atoms with Crippen molar-refractivity contribution in [3.63, 3.8) is 0 Å². The Labute approximate surface area is 272 Å². The Morgan fingerprint density at radius 3 is 1.98 bits per heavy atom. The van der Waals surface area contributed by atoms with E-state index in [-0.39, 0.29) is 19.4 Å². The van der Waals surface area contributed by atoms with Gasteiger partial charge in [0.05, 0.1) is 12.7 Å². The fourth-order valence-corrected chi connectivity index (χ4v) is 4.69. The second-order valence-corrected chi connectivity index (χ2v) is 12.6. The van der Waals surface area contributed by atoms with Gasteiger partial charge in [0.2, 0.25) is 0 Å². The van der Waals surface area contributed by atoms with Gasteiger partial charge in [-0.3, -0.25) is 14.1 Å². The van der Waals surface area contributed by atoms with Gasteiger partial charge in [-0.05, 0) is 44.9 Å². The summed E-state index contributed by atoms with van der Waals surface area (Å²) in [5, 5.41) is 9.99. The van der Waals surface area contributed by atoms with Crippen LogP contribution in [-0.2, 0) is 28.2 Å². The average Bonchev–Trinajstić information content (AvgIpc) is 2.99. The number of phosphoric ester groups is 1. The molecule has 0 heterocycles. The number of aliphatic hydroxyl groups is 1. The first-order valence-electron chi connectivity index (χ1n) is 17.0. The number of carbonyl (C=O) groups is 2. The summed E-state index contributed by atoms with van der Waals surface area (Å²) in [6.45, 7) is 3.48. The number of esters is 2. The third kappa shape index (κ3) is 33.2. The lowest BCUT2D eigenvalue weighted by atomic mass is 10.1. The molecule has 0 amide bonds. The molecule has 0 aromatic heterocycles. The molecule has 0 aliphatic rings. The van der Waals surface area contributed by atoms with Gasteiger partial charge in [-0.15, -0.1) is 0 Å². The minimum atomic E-state index is -4.77. The number of allylic oxidation sites excluding steroid dienone is 6. The van der Waals surface area contributed by atoms with Crippen LogP contribution in [0.15, 0.2) is 48.6 Å². The molecule has 2 atom stereocenters. The molecular formula is C35H61O9P. The standard InChI is InChI=1S/C35H61O9P/c1-3-5-7-9-11-12-16-20-24-28-34(37)42-30-33(31-43-45(39,40)41)44-35(38)29-25-21-17-13-15-19-23-27-32(36)26-22-18-14-10-8-6-4-2/h13-14,17-19,22-23,26,32-33,36H,3-12,15-16,20-21,24-25,27-31H2,1-2H3,(H2,39,40,41)/b17-13+,18-14-,23-19-,26-22-/t32-,33+/m0/s1. The van der Waals surface area contributed by atoms with Gasteiger partial charge in [0.25, 0.3) is 0 Å². The number of ether oxygens (including phenoxy) is 2. The first kappa shape index (κ1) is 43.0. The monoisotopic (exact) mass is 656 g/mol. The van der Waals surface area contributed by atoms with E-state index in [0.29, 0.717) is 32.1 Å². The molecule has 0 radical (unpaired) electrons. The SMILES string of the molecule is CCCCC/C=C\C=C/[C@H](O)C/C=C\C/C=C/CCCC(=O)O[C@H](COC(=O)CCCCCCCCCCC)COP(=O)(O)O. The first-order chi connectivity index (χ1) is 21.7. The number of unbranched alkanes of at least 4 members (excludes halogenated alkanes) is 12. The lowest BCUT2D eigenvalue weighted by molar-refractivity contribution is -0.161. The maximum atomic E-state index is 12.3. The van der Waals surface area contributed by atoms with Gasteiger partial charge >= 0.3 is 19.8 Å². The number of rotatable bonds is 30. The molecule has 0 aliphatic heterocycles. The number of phosphoric acid groups is 1. The average molecular weight is 657 g/mol. The molecule has 0 aliphatic carbocycles. The summed E-state index contributed by atoms with van der Waals surface area (Å²) in [5.74, 6) is -0.999. The normalized spacial score (nSPS) is 13.8. The van der Waals surface area contributed by atoms with Gasteiger partial charge in [-0.25, -0.2) is 4.57 Å². The highest BCUT2D eigenvalue weighted by Gasteiger charge is 2.22. The fourth-order valence-electron chi connectivity index (χ4n) is 4.33. The molecule has 0 rings (SSSR count). The number of hydrogen-bond acceptors (Lipinski definition) is 7. The van der Waals surface area contributed by atoms with E-state index < -0.39 is 38.6 Å². The van der Waals surface area contributed by atoms with Crippen LogP contribution in [0.2, 0.25) is 0 Å². The maximum absolute atomic E-state index is 12.3. The van der Waals surface area contributed by atoms with E-state index in [1.54, 1.807) is 6.08 Å². The zero-order valence-electron chi connectivity index (χ0n) is 27.9. The minimum Gasteiger partial charge on any atom is -0.462 e. The summed E-state index contributed by atoms with van der Waals surface area (Å²) in [5.41, 5.74) is 0. The minimum absolute atomic E-state index is 0.102. The van der Waals surface area contributed by atoms with Crippen LogP contribution in [0.4, 0.5) is 0 Å². The second-order valence-electron chi connectivity index (χ2n) is 11.3. The molecule has 260 valence electrons. The van der Waals surface area contributed by atoms with E-state index in [1.165, 1.54) is 51.4 Å². The Balaban J connectivity index is 4.21. The van der Waals surface area contributed by atoms with Crippen molar-refractivity contribution < 1.29 is 43.0 Å². The van der Waals surface area contributed by atoms with Crippen LogP contribution in [-0.4, -0.2) is 52.3 Å². The molecule has 0 aromatic rings. The smallest absolute Gasteiger partial charge is 0.462 e. The summed E-state index contributed by atoms with van der Waals surface area (Å²) in [7, 11) is -4.77. The van der Waals surface area contributed by atoms with E-state index in [9.17, 15) is 19.3 Å². The molecule has 9 nitrogen and oxygen atoms in total. The molecule has 10 heteroatoms. The van der Waals surface area contributed by atoms with Crippen LogP contribution in [0.1, 0.15) is 136 Å². The Bertz CT molecular complexity index is 892. The Morgan fingerprint density at radius 1 is 0.689 bits per heavy atom. The molecule has 3 N–H and O–H groups in total. The van der Waals surface area contributed by atoms with Gasteiger partial charge in [0, 0.05) is 12.8 Å². The summed E-state index contributed by atoms with van der Waals surface area (Å²) in [6, 6.07) is 0. The van der Waals surface area contributed by atoms with E-state index >= 15 is 0 Å². The molecule has 0 aromatic carbocycles. The highest BCUT2D eigenvalue weighted by Crippen LogP contribution is 2.35. The Morgan fingerprint density at radius 2 is 1.29 bits per heavy atom. The zero-order valence-corrected chi connectivity index (χ0v) is 28.8. The van der Waals surface area contributed by atoms with Gasteiger partial charge in [0.1, 0.15) is 6.61 Å². The second kappa shape index (κ2) is 30.6. The van der Waals surface area contributed by atoms with Crippen molar-refractivity contribution in [2.24, 2.45) is 0 Å². The van der Waals surface area contributed by atoms with Gasteiger partial charge < -0.3 is 24.4 Å². The van der Waals surface area contributed by atoms with E-state index in [4.69, 9.17) is 19.3 Å². The summed E-state index contributed by atoms with van der Waals surface area (Å²) < 4.78 is 26.1. The third-order valence-electron chi connectivity index (χ3n) is 6.93. The Hall–Kier alpha value is -2.03. The van der Waals surface area contributed by atoms with Crippen LogP contribution in [0, 0.1) is 0 Å². The molecular weight excluding hydrogens is 595 g/mol. The predicted molar refractivity (Wildman–Crippen MR) is 180 cm³/mol. The van der Waals surface area contributed by atoms with Crippen molar-refractivity contribution in [1.82, 2.24) is 0 Å². The van der Waals surface area contributed by atoms with Crippen molar-refractivity contribution in [3.8, 4) is 0 Å². The molecule has 0 bridgehead atoms. The summed E-state index contributed by atoms with van der Waals surface area (Å²) in [4.78, 5) is 42.4. The highest BCUT2D eigenvalue weighted by atomic mass is 31.2. The molecule has 0 fully saturated rings. The maximum Gasteiger partial charge on any atom is 0.469 e. The van der Waals surface area contributed by atoms with Crippen molar-refractivity contribution in [1.29, 1.82) is 0 Å². The summed E-state index contributed by atoms with van der Waals surface area (Å²) in [6.07, 6.45) is 31.6. The quantitative estimate of drug-likeness (QED) is 0.0228. The molecule has 0 spiro atoms. The highest BCUT2D eigenvalue weighted by molar-refractivity contribution is 7.46. The van der Waals surface area contributed by atoms with Crippen LogP contribution in [0.25, 0.3) is 0 Å². The van der Waals surface area contributed by atoms with E-state index in [2.05, 4.69) is 24.4 Å². The van der Waals surface area contributed by atoms with Gasteiger partial charge in [-0.1, -0.05) is 127 Å². The number of aliphatic hydroxyl groups excluding tert-OH is 1. The lowest BCUT2D eigenvalue weighted by Crippen LogP contribution is -2.29. The lowest BCUT2D eigenvalue weighted by Gasteiger charge is -2.18. The largest absolute Gasteiger partial charge is 0.469 e. The number of hydrogen-bond donors (Lipinski definition) is 3. The van der Waals surface area contributed by atoms with E-state index in [0.717, 1.165) is 25.7 Å². The number of carbonyl (C=O) groups excluding carboxylic acids is 2. The van der Waals surface area contributed by atoms with Gasteiger partial charge in [-0.2, -0.15) is 0 Å². The van der Waals surface area contributed by atoms with Crippen molar-refractivity contribution >= 4 is 19.8 Å². The predicted octanol–water partition coefficient (Wildman–Crippen LogP) is 8.59. The Kier molecular flexibility index (Phi) is 29.2. The van der Waals surface area contributed by atoms with Crippen molar-refractivity contribution in [2.75, 3.05) is 13.2 Å². The van der Waals surface area contributed by atoms with Crippen molar-refractivity contribution in [3.05, 3.63) is 48.6 Å². The van der Waals surface area contributed by atoms with Crippen LogP contribution in [0.3, 0.4) is 0 Å². The first-order valence-corrected chi connectivity index (χ1v) is 18.6. The van der Waals surface area contributed by atoms with Gasteiger partial charge in [0.15, 0.2) is 6.10 Å². The van der Waals surface area contributed by atoms with Crippen molar-refractivity contribution in [2.45, 2.75) is 148 Å². The third-order valence-corrected chi connectivity index (χ3v) is 7.42.